The Bertz CT molecular complexity index is 598. The van der Waals surface area contributed by atoms with Crippen LogP contribution in [0.1, 0.15) is 43.8 Å². The summed E-state index contributed by atoms with van der Waals surface area (Å²) >= 11 is 5.84. The quantitative estimate of drug-likeness (QED) is 0.877. The van der Waals surface area contributed by atoms with Crippen LogP contribution in [0.2, 0.25) is 5.02 Å². The standard InChI is InChI=1S/C18H23ClFNO3/c1-23-8-7-18(22)21-15-10-17(24-16-4-2-3-13(15)16)12-6-5-11(19)9-14(12)20/h5-6,9,13,15-17H,2-4,7-8,10H2,1H3,(H,21,22)/t13-,15+,16+,17+/m0/s1. The normalized spacial score (nSPS) is 29.3. The van der Waals surface area contributed by atoms with Gasteiger partial charge in [-0.05, 0) is 31.4 Å². The van der Waals surface area contributed by atoms with Crippen LogP contribution >= 0.6 is 11.6 Å². The first-order valence-electron chi connectivity index (χ1n) is 8.47. The lowest BCUT2D eigenvalue weighted by molar-refractivity contribution is -0.127. The molecule has 24 heavy (non-hydrogen) atoms. The van der Waals surface area contributed by atoms with E-state index in [0.29, 0.717) is 36.0 Å². The molecule has 1 aromatic carbocycles. The molecular formula is C18H23ClFNO3. The predicted molar refractivity (Wildman–Crippen MR) is 89.4 cm³/mol. The van der Waals surface area contributed by atoms with Crippen molar-refractivity contribution in [3.63, 3.8) is 0 Å². The number of rotatable bonds is 5. The Morgan fingerprint density at radius 2 is 2.29 bits per heavy atom. The second-order valence-electron chi connectivity index (χ2n) is 6.58. The van der Waals surface area contributed by atoms with E-state index in [-0.39, 0.29) is 30.0 Å². The smallest absolute Gasteiger partial charge is 0.222 e. The molecule has 3 rings (SSSR count). The molecule has 4 atom stereocenters. The summed E-state index contributed by atoms with van der Waals surface area (Å²) in [5.41, 5.74) is 0.515. The first kappa shape index (κ1) is 17.6. The summed E-state index contributed by atoms with van der Waals surface area (Å²) in [5.74, 6) is -0.0683. The number of ether oxygens (including phenoxy) is 2. The van der Waals surface area contributed by atoms with Crippen molar-refractivity contribution in [3.05, 3.63) is 34.6 Å². The number of halogens is 2. The minimum Gasteiger partial charge on any atom is -0.384 e. The average molecular weight is 356 g/mol. The number of hydrogen-bond acceptors (Lipinski definition) is 3. The van der Waals surface area contributed by atoms with Gasteiger partial charge in [-0.15, -0.1) is 0 Å². The summed E-state index contributed by atoms with van der Waals surface area (Å²) in [6, 6.07) is 4.68. The van der Waals surface area contributed by atoms with Crippen molar-refractivity contribution in [2.45, 2.75) is 50.4 Å². The summed E-state index contributed by atoms with van der Waals surface area (Å²) in [4.78, 5) is 12.1. The van der Waals surface area contributed by atoms with Crippen molar-refractivity contribution < 1.29 is 18.7 Å². The molecule has 1 amide bonds. The highest BCUT2D eigenvalue weighted by Crippen LogP contribution is 2.43. The monoisotopic (exact) mass is 355 g/mol. The minimum absolute atomic E-state index is 0.00989. The second-order valence-corrected chi connectivity index (χ2v) is 7.01. The van der Waals surface area contributed by atoms with Crippen LogP contribution in [0.5, 0.6) is 0 Å². The van der Waals surface area contributed by atoms with Gasteiger partial charge in [0.25, 0.3) is 0 Å². The van der Waals surface area contributed by atoms with E-state index in [4.69, 9.17) is 21.1 Å². The van der Waals surface area contributed by atoms with Gasteiger partial charge in [-0.2, -0.15) is 0 Å². The van der Waals surface area contributed by atoms with Crippen LogP contribution in [0.3, 0.4) is 0 Å². The maximum absolute atomic E-state index is 14.3. The molecule has 0 bridgehead atoms. The maximum atomic E-state index is 14.3. The lowest BCUT2D eigenvalue weighted by Gasteiger charge is -2.39. The van der Waals surface area contributed by atoms with Crippen molar-refractivity contribution in [3.8, 4) is 0 Å². The van der Waals surface area contributed by atoms with Gasteiger partial charge < -0.3 is 14.8 Å². The number of amides is 1. The van der Waals surface area contributed by atoms with Crippen LogP contribution in [0.25, 0.3) is 0 Å². The molecule has 2 aliphatic rings. The van der Waals surface area contributed by atoms with E-state index >= 15 is 0 Å². The van der Waals surface area contributed by atoms with Gasteiger partial charge in [0.15, 0.2) is 0 Å². The Kier molecular flexibility index (Phi) is 5.74. The highest BCUT2D eigenvalue weighted by Gasteiger charge is 2.42. The second kappa shape index (κ2) is 7.81. The third kappa shape index (κ3) is 3.90. The van der Waals surface area contributed by atoms with Gasteiger partial charge in [0.05, 0.1) is 18.8 Å². The van der Waals surface area contributed by atoms with Gasteiger partial charge in [0.2, 0.25) is 5.91 Å². The van der Waals surface area contributed by atoms with Crippen molar-refractivity contribution in [1.29, 1.82) is 0 Å². The molecule has 0 aromatic heterocycles. The Balaban J connectivity index is 1.74. The van der Waals surface area contributed by atoms with Crippen LogP contribution in [0, 0.1) is 11.7 Å². The van der Waals surface area contributed by atoms with Gasteiger partial charge >= 0.3 is 0 Å². The minimum atomic E-state index is -0.353. The van der Waals surface area contributed by atoms with Crippen molar-refractivity contribution >= 4 is 17.5 Å². The zero-order chi connectivity index (χ0) is 17.1. The van der Waals surface area contributed by atoms with E-state index in [9.17, 15) is 9.18 Å². The molecule has 0 unspecified atom stereocenters. The molecule has 1 N–H and O–H groups in total. The van der Waals surface area contributed by atoms with Crippen molar-refractivity contribution in [2.75, 3.05) is 13.7 Å². The number of carbonyl (C=O) groups excluding carboxylic acids is 1. The number of methoxy groups -OCH3 is 1. The molecule has 1 aliphatic heterocycles. The summed E-state index contributed by atoms with van der Waals surface area (Å²) in [6.07, 6.45) is 3.72. The highest BCUT2D eigenvalue weighted by molar-refractivity contribution is 6.30. The lowest BCUT2D eigenvalue weighted by atomic mass is 9.86. The van der Waals surface area contributed by atoms with Gasteiger partial charge in [0.1, 0.15) is 5.82 Å². The van der Waals surface area contributed by atoms with Gasteiger partial charge in [-0.25, -0.2) is 4.39 Å². The maximum Gasteiger partial charge on any atom is 0.222 e. The number of fused-ring (bicyclic) bond motifs is 1. The summed E-state index contributed by atoms with van der Waals surface area (Å²) in [5, 5.41) is 3.48. The van der Waals surface area contributed by atoms with E-state index in [1.165, 1.54) is 6.07 Å². The van der Waals surface area contributed by atoms with Crippen LogP contribution in [0.4, 0.5) is 4.39 Å². The van der Waals surface area contributed by atoms with Crippen LogP contribution < -0.4 is 5.32 Å². The number of carbonyl (C=O) groups is 1. The third-order valence-corrected chi connectivity index (χ3v) is 5.25. The van der Waals surface area contributed by atoms with E-state index in [0.717, 1.165) is 19.3 Å². The predicted octanol–water partition coefficient (Wildman–Crippen LogP) is 3.63. The number of hydrogen-bond donors (Lipinski definition) is 1. The molecule has 4 nitrogen and oxygen atoms in total. The molecule has 2 fully saturated rings. The van der Waals surface area contributed by atoms with E-state index in [1.807, 2.05) is 0 Å². The first-order valence-corrected chi connectivity index (χ1v) is 8.85. The zero-order valence-electron chi connectivity index (χ0n) is 13.8. The summed E-state index contributed by atoms with van der Waals surface area (Å²) < 4.78 is 25.4. The molecule has 1 aliphatic carbocycles. The Labute approximate surface area is 146 Å². The molecule has 1 saturated heterocycles. The fraction of sp³-hybridized carbons (Fsp3) is 0.611. The first-order chi connectivity index (χ1) is 11.6. The van der Waals surface area contributed by atoms with Gasteiger partial charge in [0, 0.05) is 36.1 Å². The molecule has 1 saturated carbocycles. The third-order valence-electron chi connectivity index (χ3n) is 5.02. The van der Waals surface area contributed by atoms with E-state index < -0.39 is 0 Å². The fourth-order valence-electron chi connectivity index (χ4n) is 3.86. The molecule has 6 heteroatoms. The molecule has 0 radical (unpaired) electrons. The highest BCUT2D eigenvalue weighted by atomic mass is 35.5. The Hall–Kier alpha value is -1.17. The van der Waals surface area contributed by atoms with Crippen LogP contribution in [0.15, 0.2) is 18.2 Å². The SMILES string of the molecule is COCCC(=O)N[C@@H]1C[C@H](c2ccc(Cl)cc2F)O[C@@H]2CCC[C@@H]12. The number of benzene rings is 1. The van der Waals surface area contributed by atoms with Gasteiger partial charge in [-0.1, -0.05) is 24.1 Å². The van der Waals surface area contributed by atoms with Crippen molar-refractivity contribution in [1.82, 2.24) is 5.32 Å². The molecule has 1 heterocycles. The lowest BCUT2D eigenvalue weighted by Crippen LogP contribution is -2.48. The molecule has 0 spiro atoms. The molecular weight excluding hydrogens is 333 g/mol. The van der Waals surface area contributed by atoms with Gasteiger partial charge in [-0.3, -0.25) is 4.79 Å². The Morgan fingerprint density at radius 1 is 1.46 bits per heavy atom. The Morgan fingerprint density at radius 3 is 3.04 bits per heavy atom. The largest absolute Gasteiger partial charge is 0.384 e. The summed E-state index contributed by atoms with van der Waals surface area (Å²) in [7, 11) is 1.58. The zero-order valence-corrected chi connectivity index (χ0v) is 14.5. The average Bonchev–Trinajstić information content (AvgIpc) is 3.01. The van der Waals surface area contributed by atoms with E-state index in [1.54, 1.807) is 19.2 Å². The molecule has 132 valence electrons. The topological polar surface area (TPSA) is 47.6 Å². The van der Waals surface area contributed by atoms with E-state index in [2.05, 4.69) is 5.32 Å². The number of nitrogens with one attached hydrogen (secondary N) is 1. The summed E-state index contributed by atoms with van der Waals surface area (Å²) in [6.45, 7) is 0.401. The van der Waals surface area contributed by atoms with Crippen LogP contribution in [-0.4, -0.2) is 31.8 Å². The van der Waals surface area contributed by atoms with Crippen LogP contribution in [-0.2, 0) is 14.3 Å². The molecule has 1 aromatic rings. The fourth-order valence-corrected chi connectivity index (χ4v) is 4.02. The van der Waals surface area contributed by atoms with Crippen molar-refractivity contribution in [2.24, 2.45) is 5.92 Å².